The number of nitrogens with zero attached hydrogens (tertiary/aromatic N) is 3. The van der Waals surface area contributed by atoms with E-state index < -0.39 is 0 Å². The van der Waals surface area contributed by atoms with Gasteiger partial charge in [0.15, 0.2) is 5.76 Å². The number of nitrogen functional groups attached to an aromatic ring is 1. The first-order valence-corrected chi connectivity index (χ1v) is 7.65. The zero-order valence-electron chi connectivity index (χ0n) is 12.6. The van der Waals surface area contributed by atoms with Gasteiger partial charge in [-0.15, -0.1) is 0 Å². The summed E-state index contributed by atoms with van der Waals surface area (Å²) >= 11 is 0. The molecular formula is C15H21N5O2. The van der Waals surface area contributed by atoms with E-state index in [0.29, 0.717) is 12.4 Å². The second-order valence-electron chi connectivity index (χ2n) is 5.75. The molecule has 22 heavy (non-hydrogen) atoms. The molecule has 2 aromatic rings. The molecule has 1 aliphatic carbocycles. The van der Waals surface area contributed by atoms with Gasteiger partial charge in [-0.2, -0.15) is 4.98 Å². The van der Waals surface area contributed by atoms with Crippen molar-refractivity contribution < 1.29 is 9.63 Å². The lowest BCUT2D eigenvalue weighted by Crippen LogP contribution is -2.27. The summed E-state index contributed by atoms with van der Waals surface area (Å²) in [6.07, 6.45) is 3.21. The summed E-state index contributed by atoms with van der Waals surface area (Å²) in [7, 11) is 0. The van der Waals surface area contributed by atoms with Gasteiger partial charge in [0.05, 0.1) is 24.0 Å². The molecule has 0 amide bonds. The molecule has 0 bridgehead atoms. The Morgan fingerprint density at radius 1 is 1.36 bits per heavy atom. The number of rotatable bonds is 6. The van der Waals surface area contributed by atoms with E-state index in [1.54, 1.807) is 0 Å². The summed E-state index contributed by atoms with van der Waals surface area (Å²) in [5.74, 6) is 1.94. The Morgan fingerprint density at radius 3 is 2.91 bits per heavy atom. The van der Waals surface area contributed by atoms with E-state index in [4.69, 9.17) is 10.3 Å². The molecular weight excluding hydrogens is 282 g/mol. The zero-order valence-corrected chi connectivity index (χ0v) is 12.6. The van der Waals surface area contributed by atoms with E-state index in [2.05, 4.69) is 27.4 Å². The molecule has 7 heteroatoms. The lowest BCUT2D eigenvalue weighted by Gasteiger charge is -2.30. The minimum Gasteiger partial charge on any atom is -0.393 e. The highest BCUT2D eigenvalue weighted by atomic mass is 16.5. The molecule has 0 radical (unpaired) electrons. The minimum absolute atomic E-state index is 0.219. The number of anilines is 2. The molecule has 118 valence electrons. The predicted molar refractivity (Wildman–Crippen MR) is 82.3 cm³/mol. The van der Waals surface area contributed by atoms with Crippen molar-refractivity contribution in [3.8, 4) is 0 Å². The molecule has 1 fully saturated rings. The third-order valence-electron chi connectivity index (χ3n) is 3.85. The zero-order chi connectivity index (χ0) is 15.5. The molecule has 0 saturated heterocycles. The SMILES string of the molecule is CCCc1cc(CNc2cc(C3CC(O)C3)nc(N)n2)on1. The largest absolute Gasteiger partial charge is 0.393 e. The van der Waals surface area contributed by atoms with E-state index in [-0.39, 0.29) is 18.0 Å². The van der Waals surface area contributed by atoms with Crippen LogP contribution in [0.1, 0.15) is 49.3 Å². The van der Waals surface area contributed by atoms with Crippen molar-refractivity contribution in [2.45, 2.75) is 51.2 Å². The van der Waals surface area contributed by atoms with Crippen LogP contribution in [-0.2, 0) is 13.0 Å². The van der Waals surface area contributed by atoms with Gasteiger partial charge in [-0.1, -0.05) is 18.5 Å². The molecule has 4 N–H and O–H groups in total. The van der Waals surface area contributed by atoms with Crippen LogP contribution in [0.4, 0.5) is 11.8 Å². The normalized spacial score (nSPS) is 20.6. The van der Waals surface area contributed by atoms with Crippen LogP contribution in [0.25, 0.3) is 0 Å². The number of nitrogens with one attached hydrogen (secondary N) is 1. The van der Waals surface area contributed by atoms with E-state index in [1.807, 2.05) is 12.1 Å². The molecule has 2 aromatic heterocycles. The van der Waals surface area contributed by atoms with Gasteiger partial charge in [-0.25, -0.2) is 4.98 Å². The molecule has 7 nitrogen and oxygen atoms in total. The van der Waals surface area contributed by atoms with Crippen molar-refractivity contribution in [3.63, 3.8) is 0 Å². The Kier molecular flexibility index (Phi) is 4.24. The second kappa shape index (κ2) is 6.31. The lowest BCUT2D eigenvalue weighted by atomic mass is 9.80. The van der Waals surface area contributed by atoms with Gasteiger partial charge in [0.2, 0.25) is 5.95 Å². The monoisotopic (exact) mass is 303 g/mol. The van der Waals surface area contributed by atoms with Crippen LogP contribution in [0, 0.1) is 0 Å². The van der Waals surface area contributed by atoms with E-state index >= 15 is 0 Å². The standard InChI is InChI=1S/C15H21N5O2/c1-2-3-10-6-12(22-20-10)8-17-14-7-13(18-15(16)19-14)9-4-11(21)5-9/h6-7,9,11,21H,2-5,8H2,1H3,(H3,16,17,18,19). The molecule has 0 unspecified atom stereocenters. The predicted octanol–water partition coefficient (Wildman–Crippen LogP) is 1.85. The van der Waals surface area contributed by atoms with Crippen molar-refractivity contribution in [1.29, 1.82) is 0 Å². The first-order valence-electron chi connectivity index (χ1n) is 7.65. The maximum atomic E-state index is 9.41. The van der Waals surface area contributed by atoms with Crippen LogP contribution < -0.4 is 11.1 Å². The number of nitrogens with two attached hydrogens (primary N) is 1. The third kappa shape index (κ3) is 3.36. The molecule has 0 atom stereocenters. The Bertz CT molecular complexity index is 637. The number of aliphatic hydroxyl groups is 1. The Morgan fingerprint density at radius 2 is 2.18 bits per heavy atom. The molecule has 2 heterocycles. The lowest BCUT2D eigenvalue weighted by molar-refractivity contribution is 0.0732. The topological polar surface area (TPSA) is 110 Å². The first kappa shape index (κ1) is 14.8. The van der Waals surface area contributed by atoms with Gasteiger partial charge < -0.3 is 20.7 Å². The summed E-state index contributed by atoms with van der Waals surface area (Å²) in [6, 6.07) is 3.83. The molecule has 1 saturated carbocycles. The minimum atomic E-state index is -0.219. The van der Waals surface area contributed by atoms with Gasteiger partial charge in [-0.05, 0) is 19.3 Å². The maximum absolute atomic E-state index is 9.41. The van der Waals surface area contributed by atoms with Crippen molar-refractivity contribution in [2.24, 2.45) is 0 Å². The Balaban J connectivity index is 1.64. The number of aryl methyl sites for hydroxylation is 1. The van der Waals surface area contributed by atoms with Crippen LogP contribution in [0.2, 0.25) is 0 Å². The van der Waals surface area contributed by atoms with Gasteiger partial charge in [0, 0.05) is 18.1 Å². The van der Waals surface area contributed by atoms with E-state index in [0.717, 1.165) is 42.8 Å². The van der Waals surface area contributed by atoms with Gasteiger partial charge in [0.1, 0.15) is 5.82 Å². The fraction of sp³-hybridized carbons (Fsp3) is 0.533. The van der Waals surface area contributed by atoms with Crippen LogP contribution in [0.3, 0.4) is 0 Å². The Hall–Kier alpha value is -2.15. The summed E-state index contributed by atoms with van der Waals surface area (Å²) in [6.45, 7) is 2.61. The van der Waals surface area contributed by atoms with Gasteiger partial charge >= 0.3 is 0 Å². The highest BCUT2D eigenvalue weighted by molar-refractivity contribution is 5.42. The van der Waals surface area contributed by atoms with Crippen molar-refractivity contribution in [3.05, 3.63) is 29.3 Å². The molecule has 3 rings (SSSR count). The second-order valence-corrected chi connectivity index (χ2v) is 5.75. The number of hydrogen-bond acceptors (Lipinski definition) is 7. The fourth-order valence-electron chi connectivity index (χ4n) is 2.61. The maximum Gasteiger partial charge on any atom is 0.222 e. The highest BCUT2D eigenvalue weighted by Crippen LogP contribution is 2.36. The van der Waals surface area contributed by atoms with E-state index in [1.165, 1.54) is 0 Å². The highest BCUT2D eigenvalue weighted by Gasteiger charge is 2.30. The summed E-state index contributed by atoms with van der Waals surface area (Å²) in [5.41, 5.74) is 7.61. The van der Waals surface area contributed by atoms with Crippen molar-refractivity contribution in [2.75, 3.05) is 11.1 Å². The molecule has 0 aromatic carbocycles. The number of aliphatic hydroxyl groups excluding tert-OH is 1. The smallest absolute Gasteiger partial charge is 0.222 e. The fourth-order valence-corrected chi connectivity index (χ4v) is 2.61. The summed E-state index contributed by atoms with van der Waals surface area (Å²) in [5, 5.41) is 16.6. The molecule has 0 aliphatic heterocycles. The quantitative estimate of drug-likeness (QED) is 0.747. The summed E-state index contributed by atoms with van der Waals surface area (Å²) < 4.78 is 5.27. The van der Waals surface area contributed by atoms with Gasteiger partial charge in [-0.3, -0.25) is 0 Å². The van der Waals surface area contributed by atoms with Gasteiger partial charge in [0.25, 0.3) is 0 Å². The van der Waals surface area contributed by atoms with Crippen LogP contribution >= 0.6 is 0 Å². The average Bonchev–Trinajstić information content (AvgIpc) is 2.89. The number of hydrogen-bond donors (Lipinski definition) is 3. The molecule has 0 spiro atoms. The average molecular weight is 303 g/mol. The van der Waals surface area contributed by atoms with Crippen molar-refractivity contribution in [1.82, 2.24) is 15.1 Å². The van der Waals surface area contributed by atoms with Crippen LogP contribution in [-0.4, -0.2) is 26.3 Å². The third-order valence-corrected chi connectivity index (χ3v) is 3.85. The van der Waals surface area contributed by atoms with Crippen LogP contribution in [0.15, 0.2) is 16.7 Å². The Labute approximate surface area is 128 Å². The summed E-state index contributed by atoms with van der Waals surface area (Å²) in [4.78, 5) is 8.44. The van der Waals surface area contributed by atoms with E-state index in [9.17, 15) is 5.11 Å². The van der Waals surface area contributed by atoms with Crippen LogP contribution in [0.5, 0.6) is 0 Å². The van der Waals surface area contributed by atoms with Crippen molar-refractivity contribution >= 4 is 11.8 Å². The first-order chi connectivity index (χ1) is 10.6. The molecule has 1 aliphatic rings. The number of aromatic nitrogens is 3.